The Hall–Kier alpha value is -1.87. The molecule has 0 aliphatic carbocycles. The molecule has 0 bridgehead atoms. The molecule has 0 aromatic heterocycles. The van der Waals surface area contributed by atoms with E-state index in [1.54, 1.807) is 19.1 Å². The SMILES string of the molecule is COC(=O)C1=C(C)N([C@@H]2CCS(=O)(=O)C2)C(=O)N[C@H]1c1ccc(Br)cc1. The molecule has 7 nitrogen and oxygen atoms in total. The van der Waals surface area contributed by atoms with Gasteiger partial charge in [0.1, 0.15) is 0 Å². The minimum absolute atomic E-state index is 0.0401. The average Bonchev–Trinajstić information content (AvgIpc) is 2.94. The van der Waals surface area contributed by atoms with Crippen molar-refractivity contribution in [1.29, 1.82) is 0 Å². The first-order valence-electron chi connectivity index (χ1n) is 8.08. The van der Waals surface area contributed by atoms with E-state index in [2.05, 4.69) is 21.2 Å². The van der Waals surface area contributed by atoms with Crippen LogP contribution in [0.15, 0.2) is 40.0 Å². The first-order valence-corrected chi connectivity index (χ1v) is 10.7. The molecule has 2 heterocycles. The summed E-state index contributed by atoms with van der Waals surface area (Å²) in [4.78, 5) is 26.6. The number of esters is 1. The molecule has 3 rings (SSSR count). The number of allylic oxidation sites excluding steroid dienone is 1. The van der Waals surface area contributed by atoms with Crippen LogP contribution in [0.1, 0.15) is 24.9 Å². The van der Waals surface area contributed by atoms with E-state index in [1.807, 2.05) is 12.1 Å². The van der Waals surface area contributed by atoms with E-state index in [0.717, 1.165) is 10.0 Å². The molecule has 0 spiro atoms. The maximum Gasteiger partial charge on any atom is 0.337 e. The van der Waals surface area contributed by atoms with Gasteiger partial charge in [-0.2, -0.15) is 0 Å². The van der Waals surface area contributed by atoms with Gasteiger partial charge in [0.05, 0.1) is 36.3 Å². The molecule has 9 heteroatoms. The molecule has 140 valence electrons. The normalized spacial score (nSPS) is 25.2. The van der Waals surface area contributed by atoms with E-state index in [4.69, 9.17) is 4.74 Å². The van der Waals surface area contributed by atoms with Gasteiger partial charge in [0.15, 0.2) is 9.84 Å². The first kappa shape index (κ1) is 18.9. The first-order chi connectivity index (χ1) is 12.2. The highest BCUT2D eigenvalue weighted by molar-refractivity contribution is 9.10. The van der Waals surface area contributed by atoms with Crippen molar-refractivity contribution in [2.45, 2.75) is 25.4 Å². The summed E-state index contributed by atoms with van der Waals surface area (Å²) in [5.74, 6) is -0.616. The summed E-state index contributed by atoms with van der Waals surface area (Å²) < 4.78 is 29.4. The van der Waals surface area contributed by atoms with Crippen LogP contribution in [0.3, 0.4) is 0 Å². The van der Waals surface area contributed by atoms with E-state index in [-0.39, 0.29) is 11.5 Å². The van der Waals surface area contributed by atoms with Crippen molar-refractivity contribution >= 4 is 37.8 Å². The van der Waals surface area contributed by atoms with Gasteiger partial charge in [-0.25, -0.2) is 18.0 Å². The molecule has 1 aromatic rings. The molecular weight excluding hydrogens is 424 g/mol. The Morgan fingerprint density at radius 3 is 2.50 bits per heavy atom. The Morgan fingerprint density at radius 1 is 1.31 bits per heavy atom. The largest absolute Gasteiger partial charge is 0.466 e. The van der Waals surface area contributed by atoms with E-state index < -0.39 is 33.9 Å². The molecule has 1 fully saturated rings. The molecule has 0 unspecified atom stereocenters. The third-order valence-corrected chi connectivity index (χ3v) is 6.99. The predicted molar refractivity (Wildman–Crippen MR) is 99.0 cm³/mol. The van der Waals surface area contributed by atoms with Gasteiger partial charge in [-0.05, 0) is 31.0 Å². The standard InChI is InChI=1S/C17H19BrN2O5S/c1-10-14(16(21)25-2)15(11-3-5-12(18)6-4-11)19-17(22)20(10)13-7-8-26(23,24)9-13/h3-6,13,15H,7-9H2,1-2H3,(H,19,22)/t13-,15+/m1/s1. The van der Waals surface area contributed by atoms with Crippen molar-refractivity contribution < 1.29 is 22.7 Å². The Balaban J connectivity index is 2.05. The lowest BCUT2D eigenvalue weighted by Crippen LogP contribution is -2.52. The molecule has 1 aromatic carbocycles. The average molecular weight is 443 g/mol. The number of rotatable bonds is 3. The number of nitrogens with zero attached hydrogens (tertiary/aromatic N) is 1. The van der Waals surface area contributed by atoms with Gasteiger partial charge < -0.3 is 10.1 Å². The fourth-order valence-electron chi connectivity index (χ4n) is 3.46. The zero-order chi connectivity index (χ0) is 19.1. The molecule has 2 aliphatic rings. The molecule has 1 saturated heterocycles. The lowest BCUT2D eigenvalue weighted by atomic mass is 9.94. The third kappa shape index (κ3) is 3.50. The summed E-state index contributed by atoms with van der Waals surface area (Å²) in [6, 6.07) is 5.71. The summed E-state index contributed by atoms with van der Waals surface area (Å²) in [5.41, 5.74) is 1.47. The number of amides is 2. The van der Waals surface area contributed by atoms with Crippen LogP contribution in [-0.4, -0.2) is 50.0 Å². The van der Waals surface area contributed by atoms with Gasteiger partial charge in [0.2, 0.25) is 0 Å². The van der Waals surface area contributed by atoms with Crippen molar-refractivity contribution in [3.63, 3.8) is 0 Å². The summed E-state index contributed by atoms with van der Waals surface area (Å²) in [6.45, 7) is 1.65. The second-order valence-corrected chi connectivity index (χ2v) is 9.50. The number of carbonyl (C=O) groups is 2. The number of carbonyl (C=O) groups excluding carboxylic acids is 2. The second-order valence-electron chi connectivity index (χ2n) is 6.35. The topological polar surface area (TPSA) is 92.8 Å². The van der Waals surface area contributed by atoms with Gasteiger partial charge in [-0.15, -0.1) is 0 Å². The Kier molecular flexibility index (Phi) is 5.12. The second kappa shape index (κ2) is 7.03. The Morgan fingerprint density at radius 2 is 1.96 bits per heavy atom. The predicted octanol–water partition coefficient (Wildman–Crippen LogP) is 2.15. The number of urea groups is 1. The third-order valence-electron chi connectivity index (χ3n) is 4.71. The molecule has 0 saturated carbocycles. The summed E-state index contributed by atoms with van der Waals surface area (Å²) in [7, 11) is -1.89. The van der Waals surface area contributed by atoms with E-state index >= 15 is 0 Å². The summed E-state index contributed by atoms with van der Waals surface area (Å²) in [6.07, 6.45) is 0.352. The number of sulfone groups is 1. The Labute approximate surface area is 160 Å². The molecular formula is C17H19BrN2O5S. The van der Waals surface area contributed by atoms with Crippen LogP contribution in [0.5, 0.6) is 0 Å². The molecule has 0 radical (unpaired) electrons. The lowest BCUT2D eigenvalue weighted by Gasteiger charge is -2.38. The van der Waals surface area contributed by atoms with E-state index in [0.29, 0.717) is 17.7 Å². The van der Waals surface area contributed by atoms with Crippen molar-refractivity contribution in [2.75, 3.05) is 18.6 Å². The van der Waals surface area contributed by atoms with Crippen molar-refractivity contribution in [2.24, 2.45) is 0 Å². The fraction of sp³-hybridized carbons (Fsp3) is 0.412. The van der Waals surface area contributed by atoms with Crippen LogP contribution in [0.25, 0.3) is 0 Å². The van der Waals surface area contributed by atoms with Crippen molar-refractivity contribution in [3.8, 4) is 0 Å². The van der Waals surface area contributed by atoms with Gasteiger partial charge in [0, 0.05) is 10.2 Å². The minimum atomic E-state index is -3.17. The zero-order valence-electron chi connectivity index (χ0n) is 14.4. The quantitative estimate of drug-likeness (QED) is 0.723. The lowest BCUT2D eigenvalue weighted by molar-refractivity contribution is -0.136. The monoisotopic (exact) mass is 442 g/mol. The molecule has 2 aliphatic heterocycles. The summed E-state index contributed by atoms with van der Waals surface area (Å²) in [5, 5.41) is 2.82. The van der Waals surface area contributed by atoms with Gasteiger partial charge in [-0.3, -0.25) is 4.90 Å². The molecule has 1 N–H and O–H groups in total. The highest BCUT2D eigenvalue weighted by Crippen LogP contribution is 2.34. The maximum absolute atomic E-state index is 12.7. The number of hydrogen-bond acceptors (Lipinski definition) is 5. The number of hydrogen-bond donors (Lipinski definition) is 1. The summed E-state index contributed by atoms with van der Waals surface area (Å²) >= 11 is 3.36. The van der Waals surface area contributed by atoms with Gasteiger partial charge in [0.25, 0.3) is 0 Å². The number of ether oxygens (including phenoxy) is 1. The van der Waals surface area contributed by atoms with Crippen LogP contribution >= 0.6 is 15.9 Å². The number of benzene rings is 1. The minimum Gasteiger partial charge on any atom is -0.466 e. The number of methoxy groups -OCH3 is 1. The van der Waals surface area contributed by atoms with Crippen LogP contribution < -0.4 is 5.32 Å². The van der Waals surface area contributed by atoms with E-state index in [9.17, 15) is 18.0 Å². The van der Waals surface area contributed by atoms with Crippen LogP contribution in [0, 0.1) is 0 Å². The number of halogens is 1. The van der Waals surface area contributed by atoms with Crippen LogP contribution in [-0.2, 0) is 19.4 Å². The molecule has 26 heavy (non-hydrogen) atoms. The van der Waals surface area contributed by atoms with Crippen LogP contribution in [0.4, 0.5) is 4.79 Å². The smallest absolute Gasteiger partial charge is 0.337 e. The van der Waals surface area contributed by atoms with Gasteiger partial charge >= 0.3 is 12.0 Å². The zero-order valence-corrected chi connectivity index (χ0v) is 16.8. The van der Waals surface area contributed by atoms with Crippen molar-refractivity contribution in [1.82, 2.24) is 10.2 Å². The highest BCUT2D eigenvalue weighted by atomic mass is 79.9. The highest BCUT2D eigenvalue weighted by Gasteiger charge is 2.42. The molecule has 2 amide bonds. The van der Waals surface area contributed by atoms with E-state index in [1.165, 1.54) is 12.0 Å². The maximum atomic E-state index is 12.7. The van der Waals surface area contributed by atoms with Crippen molar-refractivity contribution in [3.05, 3.63) is 45.6 Å². The molecule has 2 atom stereocenters. The van der Waals surface area contributed by atoms with Gasteiger partial charge in [-0.1, -0.05) is 28.1 Å². The number of nitrogens with one attached hydrogen (secondary N) is 1. The van der Waals surface area contributed by atoms with Crippen LogP contribution in [0.2, 0.25) is 0 Å². The fourth-order valence-corrected chi connectivity index (χ4v) is 5.42. The Bertz CT molecular complexity index is 879.